The molecule has 140 valence electrons. The minimum atomic E-state index is -0.446. The fraction of sp³-hybridized carbons (Fsp3) is 0.611. The molecule has 1 amide bonds. The number of anilines is 2. The minimum Gasteiger partial charge on any atom is -0.381 e. The van der Waals surface area contributed by atoms with Gasteiger partial charge < -0.3 is 15.8 Å². The number of hydrazone groups is 1. The number of ether oxygens (including phenoxy) is 1. The van der Waals surface area contributed by atoms with Crippen molar-refractivity contribution >= 4 is 38.7 Å². The zero-order valence-electron chi connectivity index (χ0n) is 14.9. The van der Waals surface area contributed by atoms with E-state index in [4.69, 9.17) is 10.5 Å². The van der Waals surface area contributed by atoms with E-state index in [1.165, 1.54) is 11.3 Å². The van der Waals surface area contributed by atoms with Crippen LogP contribution in [0.25, 0.3) is 0 Å². The normalized spacial score (nSPS) is 26.6. The molecule has 0 spiro atoms. The number of hydrogen-bond donors (Lipinski definition) is 2. The molecule has 1 saturated carbocycles. The van der Waals surface area contributed by atoms with Gasteiger partial charge in [0.1, 0.15) is 15.8 Å². The van der Waals surface area contributed by atoms with Crippen LogP contribution < -0.4 is 16.1 Å². The Balaban J connectivity index is 1.61. The number of ketones is 1. The monoisotopic (exact) mass is 376 g/mol. The van der Waals surface area contributed by atoms with E-state index >= 15 is 0 Å². The number of nitrogens with one attached hydrogen (secondary N) is 1. The van der Waals surface area contributed by atoms with Gasteiger partial charge in [0.05, 0.1) is 17.5 Å². The van der Waals surface area contributed by atoms with Crippen molar-refractivity contribution < 1.29 is 14.3 Å². The third-order valence-corrected chi connectivity index (χ3v) is 6.51. The number of carbonyl (C=O) groups excluding carboxylic acids is 2. The number of carbonyl (C=O) groups is 2. The maximum Gasteiger partial charge on any atom is 0.251 e. The van der Waals surface area contributed by atoms with Crippen LogP contribution in [0.2, 0.25) is 0 Å². The maximum atomic E-state index is 12.3. The molecule has 2 aliphatic heterocycles. The molecule has 3 aliphatic rings. The van der Waals surface area contributed by atoms with Crippen LogP contribution in [-0.2, 0) is 9.53 Å². The van der Waals surface area contributed by atoms with Gasteiger partial charge in [0.2, 0.25) is 0 Å². The summed E-state index contributed by atoms with van der Waals surface area (Å²) in [6.45, 7) is 3.37. The summed E-state index contributed by atoms with van der Waals surface area (Å²) in [5, 5.41) is 11.7. The molecule has 3 heterocycles. The zero-order valence-corrected chi connectivity index (χ0v) is 15.7. The van der Waals surface area contributed by atoms with Gasteiger partial charge >= 0.3 is 0 Å². The fourth-order valence-corrected chi connectivity index (χ4v) is 5.28. The van der Waals surface area contributed by atoms with E-state index in [1.54, 1.807) is 0 Å². The Morgan fingerprint density at radius 3 is 2.88 bits per heavy atom. The van der Waals surface area contributed by atoms with E-state index in [9.17, 15) is 9.59 Å². The Morgan fingerprint density at radius 1 is 1.38 bits per heavy atom. The lowest BCUT2D eigenvalue weighted by Crippen LogP contribution is -2.40. The van der Waals surface area contributed by atoms with Gasteiger partial charge in [0.25, 0.3) is 5.91 Å². The second-order valence-electron chi connectivity index (χ2n) is 7.21. The smallest absolute Gasteiger partial charge is 0.251 e. The Labute approximate surface area is 156 Å². The molecule has 1 aromatic heterocycles. The van der Waals surface area contributed by atoms with Crippen molar-refractivity contribution in [3.63, 3.8) is 0 Å². The van der Waals surface area contributed by atoms with E-state index in [1.807, 2.05) is 18.0 Å². The van der Waals surface area contributed by atoms with Crippen molar-refractivity contribution in [2.24, 2.45) is 16.8 Å². The first kappa shape index (κ1) is 17.5. The first-order chi connectivity index (χ1) is 12.5. The summed E-state index contributed by atoms with van der Waals surface area (Å²) in [6.07, 6.45) is 4.27. The van der Waals surface area contributed by atoms with Gasteiger partial charge in [0.15, 0.2) is 0 Å². The number of amides is 1. The molecule has 1 saturated heterocycles. The van der Waals surface area contributed by atoms with Gasteiger partial charge in [-0.1, -0.05) is 11.3 Å². The van der Waals surface area contributed by atoms with Crippen LogP contribution in [0.5, 0.6) is 0 Å². The maximum absolute atomic E-state index is 12.3. The SMILES string of the molecule is CC1=NN(c2cc(C(N)=O)c(NC3CCOCC3)s2)C2CCCC(=O)C12. The number of nitrogens with zero attached hydrogens (tertiary/aromatic N) is 2. The second kappa shape index (κ2) is 7.00. The third-order valence-electron chi connectivity index (χ3n) is 5.45. The van der Waals surface area contributed by atoms with E-state index < -0.39 is 5.91 Å². The molecule has 7 nitrogen and oxygen atoms in total. The Kier molecular flexibility index (Phi) is 4.71. The Morgan fingerprint density at radius 2 is 2.15 bits per heavy atom. The highest BCUT2D eigenvalue weighted by molar-refractivity contribution is 7.20. The zero-order chi connectivity index (χ0) is 18.3. The van der Waals surface area contributed by atoms with Gasteiger partial charge in [-0.2, -0.15) is 5.10 Å². The van der Waals surface area contributed by atoms with Crippen LogP contribution in [0.3, 0.4) is 0 Å². The summed E-state index contributed by atoms with van der Waals surface area (Å²) in [7, 11) is 0. The average molecular weight is 376 g/mol. The van der Waals surface area contributed by atoms with Crippen molar-refractivity contribution in [2.75, 3.05) is 23.5 Å². The molecule has 4 rings (SSSR count). The van der Waals surface area contributed by atoms with Crippen molar-refractivity contribution in [2.45, 2.75) is 51.1 Å². The number of nitrogens with two attached hydrogens (primary N) is 1. The summed E-state index contributed by atoms with van der Waals surface area (Å²) in [5.41, 5.74) is 6.97. The van der Waals surface area contributed by atoms with Gasteiger partial charge in [-0.05, 0) is 38.7 Å². The molecule has 2 unspecified atom stereocenters. The van der Waals surface area contributed by atoms with Crippen molar-refractivity contribution in [1.82, 2.24) is 0 Å². The van der Waals surface area contributed by atoms with E-state index in [2.05, 4.69) is 10.4 Å². The second-order valence-corrected chi connectivity index (χ2v) is 8.24. The van der Waals surface area contributed by atoms with E-state index in [-0.39, 0.29) is 23.8 Å². The van der Waals surface area contributed by atoms with Crippen LogP contribution in [0.4, 0.5) is 10.0 Å². The molecule has 0 bridgehead atoms. The first-order valence-electron chi connectivity index (χ1n) is 9.19. The Bertz CT molecular complexity index is 754. The Hall–Kier alpha value is -1.93. The van der Waals surface area contributed by atoms with Crippen LogP contribution >= 0.6 is 11.3 Å². The molecule has 2 atom stereocenters. The number of Topliss-reactive ketones (excluding diaryl/α,β-unsaturated/α-hetero) is 1. The van der Waals surface area contributed by atoms with Crippen LogP contribution in [0.1, 0.15) is 49.4 Å². The first-order valence-corrected chi connectivity index (χ1v) is 10.0. The lowest BCUT2D eigenvalue weighted by atomic mass is 9.81. The topological polar surface area (TPSA) is 97.0 Å². The van der Waals surface area contributed by atoms with Crippen LogP contribution in [-0.4, -0.2) is 42.7 Å². The lowest BCUT2D eigenvalue weighted by Gasteiger charge is -2.29. The molecular weight excluding hydrogens is 352 g/mol. The molecule has 3 N–H and O–H groups in total. The van der Waals surface area contributed by atoms with Crippen molar-refractivity contribution in [1.29, 1.82) is 0 Å². The molecule has 8 heteroatoms. The summed E-state index contributed by atoms with van der Waals surface area (Å²) >= 11 is 1.49. The standard InChI is InChI=1S/C18H24N4O3S/c1-10-16-13(3-2-4-14(16)23)22(21-10)15-9-12(17(19)24)18(26-15)20-11-5-7-25-8-6-11/h9,11,13,16,20H,2-8H2,1H3,(H2,19,24). The molecule has 26 heavy (non-hydrogen) atoms. The number of fused-ring (bicyclic) bond motifs is 1. The third kappa shape index (κ3) is 3.12. The highest BCUT2D eigenvalue weighted by Crippen LogP contribution is 2.42. The van der Waals surface area contributed by atoms with Gasteiger partial charge in [-0.3, -0.25) is 14.6 Å². The van der Waals surface area contributed by atoms with Crippen LogP contribution in [0, 0.1) is 5.92 Å². The predicted octanol–water partition coefficient (Wildman–Crippen LogP) is 2.37. The number of thiophene rings is 1. The van der Waals surface area contributed by atoms with E-state index in [0.717, 1.165) is 54.6 Å². The molecule has 0 radical (unpaired) electrons. The lowest BCUT2D eigenvalue weighted by molar-refractivity contribution is -0.122. The largest absolute Gasteiger partial charge is 0.381 e. The minimum absolute atomic E-state index is 0.0616. The van der Waals surface area contributed by atoms with Crippen molar-refractivity contribution in [3.05, 3.63) is 11.6 Å². The highest BCUT2D eigenvalue weighted by Gasteiger charge is 2.43. The van der Waals surface area contributed by atoms with Gasteiger partial charge in [0, 0.05) is 31.4 Å². The summed E-state index contributed by atoms with van der Waals surface area (Å²) in [6, 6.07) is 2.15. The summed E-state index contributed by atoms with van der Waals surface area (Å²) in [5.74, 6) is -0.287. The van der Waals surface area contributed by atoms with Gasteiger partial charge in [-0.15, -0.1) is 0 Å². The predicted molar refractivity (Wildman–Crippen MR) is 102 cm³/mol. The number of primary amides is 1. The molecular formula is C18H24N4O3S. The molecule has 2 fully saturated rings. The molecule has 1 aromatic rings. The van der Waals surface area contributed by atoms with Crippen LogP contribution in [0.15, 0.2) is 11.2 Å². The molecule has 0 aromatic carbocycles. The van der Waals surface area contributed by atoms with Gasteiger partial charge in [-0.25, -0.2) is 0 Å². The summed E-state index contributed by atoms with van der Waals surface area (Å²) < 4.78 is 5.40. The average Bonchev–Trinajstić information content (AvgIpc) is 3.18. The fourth-order valence-electron chi connectivity index (χ4n) is 4.12. The van der Waals surface area contributed by atoms with Crippen molar-refractivity contribution in [3.8, 4) is 0 Å². The number of rotatable bonds is 4. The highest BCUT2D eigenvalue weighted by atomic mass is 32.1. The number of hydrogen-bond acceptors (Lipinski definition) is 7. The van der Waals surface area contributed by atoms with E-state index in [0.29, 0.717) is 12.0 Å². The molecule has 1 aliphatic carbocycles. The summed E-state index contributed by atoms with van der Waals surface area (Å²) in [4.78, 5) is 24.3. The quantitative estimate of drug-likeness (QED) is 0.841.